The number of hydrogen-bond acceptors (Lipinski definition) is 7. The topological polar surface area (TPSA) is 92.2 Å². The molecule has 164 valence electrons. The number of nitrogens with zero attached hydrogens (tertiary/aromatic N) is 6. The second-order valence-corrected chi connectivity index (χ2v) is 8.08. The summed E-state index contributed by atoms with van der Waals surface area (Å²) in [4.78, 5) is 21.7. The maximum absolute atomic E-state index is 12.7. The minimum atomic E-state index is -0.256. The number of methoxy groups -OCH3 is 1. The Morgan fingerprint density at radius 3 is 2.50 bits per heavy atom. The predicted octanol–water partition coefficient (Wildman–Crippen LogP) is 2.24. The number of ether oxygens (including phenoxy) is 1. The summed E-state index contributed by atoms with van der Waals surface area (Å²) < 4.78 is 6.53. The first-order valence-electron chi connectivity index (χ1n) is 10.6. The molecule has 0 aliphatic carbocycles. The van der Waals surface area contributed by atoms with Crippen molar-refractivity contribution in [1.29, 1.82) is 0 Å². The molecule has 0 saturated carbocycles. The number of aromatic amines is 1. The molecule has 1 aliphatic heterocycles. The van der Waals surface area contributed by atoms with Crippen molar-refractivity contribution < 1.29 is 4.74 Å². The van der Waals surface area contributed by atoms with E-state index < -0.39 is 0 Å². The number of benzene rings is 1. The minimum absolute atomic E-state index is 0.256. The van der Waals surface area contributed by atoms with Gasteiger partial charge in [-0.25, -0.2) is 4.98 Å². The number of rotatable bonds is 4. The lowest BCUT2D eigenvalue weighted by atomic mass is 10.1. The number of piperazine rings is 1. The Morgan fingerprint density at radius 2 is 1.81 bits per heavy atom. The van der Waals surface area contributed by atoms with Crippen molar-refractivity contribution in [2.24, 2.45) is 0 Å². The third-order valence-electron chi connectivity index (χ3n) is 5.95. The van der Waals surface area contributed by atoms with Gasteiger partial charge in [0.25, 0.3) is 5.56 Å². The van der Waals surface area contributed by atoms with Crippen molar-refractivity contribution in [3.63, 3.8) is 0 Å². The van der Waals surface area contributed by atoms with E-state index in [9.17, 15) is 4.79 Å². The first-order chi connectivity index (χ1) is 15.5. The van der Waals surface area contributed by atoms with Gasteiger partial charge in [0.15, 0.2) is 0 Å². The van der Waals surface area contributed by atoms with Crippen molar-refractivity contribution in [1.82, 2.24) is 29.9 Å². The predicted molar refractivity (Wildman–Crippen MR) is 124 cm³/mol. The molecule has 1 aliphatic rings. The van der Waals surface area contributed by atoms with Crippen LogP contribution in [0.5, 0.6) is 5.88 Å². The van der Waals surface area contributed by atoms with Crippen LogP contribution in [-0.4, -0.2) is 70.2 Å². The molecule has 1 saturated heterocycles. The summed E-state index contributed by atoms with van der Waals surface area (Å²) in [6.07, 6.45) is 1.60. The molecule has 0 bridgehead atoms. The lowest BCUT2D eigenvalue weighted by Gasteiger charge is -2.34. The van der Waals surface area contributed by atoms with E-state index >= 15 is 0 Å². The van der Waals surface area contributed by atoms with E-state index in [0.29, 0.717) is 28.3 Å². The van der Waals surface area contributed by atoms with Gasteiger partial charge in [-0.1, -0.05) is 12.1 Å². The van der Waals surface area contributed by atoms with E-state index in [2.05, 4.69) is 61.4 Å². The van der Waals surface area contributed by atoms with E-state index in [4.69, 9.17) is 4.74 Å². The van der Waals surface area contributed by atoms with Gasteiger partial charge in [0, 0.05) is 49.6 Å². The fraction of sp³-hybridized carbons (Fsp3) is 0.304. The van der Waals surface area contributed by atoms with Crippen LogP contribution in [0.1, 0.15) is 5.56 Å². The molecule has 9 nitrogen and oxygen atoms in total. The standard InChI is InChI=1S/C23H25N7O2/c1-15-12-20(32-3)24-14-19(15)30-21(31)13-18-23(27-30)22(26-25-18)16-4-6-17(7-5-16)29-10-8-28(2)9-11-29/h4-7,12-14,25H,8-11H2,1-3H3. The van der Waals surface area contributed by atoms with Crippen LogP contribution in [0.25, 0.3) is 28.0 Å². The molecule has 0 unspecified atom stereocenters. The molecule has 3 aromatic heterocycles. The van der Waals surface area contributed by atoms with Crippen LogP contribution in [0.3, 0.4) is 0 Å². The van der Waals surface area contributed by atoms with Crippen LogP contribution in [0.15, 0.2) is 47.4 Å². The van der Waals surface area contributed by atoms with Crippen molar-refractivity contribution >= 4 is 16.7 Å². The summed E-state index contributed by atoms with van der Waals surface area (Å²) in [5.74, 6) is 0.491. The lowest BCUT2D eigenvalue weighted by molar-refractivity contribution is 0.313. The summed E-state index contributed by atoms with van der Waals surface area (Å²) in [6.45, 7) is 6.05. The second kappa shape index (κ2) is 8.08. The fourth-order valence-electron chi connectivity index (χ4n) is 4.01. The summed E-state index contributed by atoms with van der Waals surface area (Å²) in [6, 6.07) is 11.6. The minimum Gasteiger partial charge on any atom is -0.481 e. The first-order valence-corrected chi connectivity index (χ1v) is 10.6. The first kappa shape index (κ1) is 20.2. The highest BCUT2D eigenvalue weighted by Gasteiger charge is 2.17. The van der Waals surface area contributed by atoms with Gasteiger partial charge in [-0.15, -0.1) is 0 Å². The van der Waals surface area contributed by atoms with Crippen LogP contribution >= 0.6 is 0 Å². The number of anilines is 1. The molecule has 0 spiro atoms. The van der Waals surface area contributed by atoms with Crippen molar-refractivity contribution in [2.45, 2.75) is 6.92 Å². The molecular formula is C23H25N7O2. The Balaban J connectivity index is 1.52. The highest BCUT2D eigenvalue weighted by molar-refractivity contribution is 5.89. The van der Waals surface area contributed by atoms with Gasteiger partial charge in [0.1, 0.15) is 11.2 Å². The summed E-state index contributed by atoms with van der Waals surface area (Å²) >= 11 is 0. The van der Waals surface area contributed by atoms with Crippen molar-refractivity contribution in [2.75, 3.05) is 45.2 Å². The van der Waals surface area contributed by atoms with Crippen LogP contribution in [-0.2, 0) is 0 Å². The van der Waals surface area contributed by atoms with Gasteiger partial charge >= 0.3 is 0 Å². The smallest absolute Gasteiger partial charge is 0.273 e. The number of hydrogen-bond donors (Lipinski definition) is 1. The summed E-state index contributed by atoms with van der Waals surface area (Å²) in [5.41, 5.74) is 5.27. The molecule has 1 N–H and O–H groups in total. The molecule has 1 fully saturated rings. The largest absolute Gasteiger partial charge is 0.481 e. The fourth-order valence-corrected chi connectivity index (χ4v) is 4.01. The van der Waals surface area contributed by atoms with Crippen LogP contribution < -0.4 is 15.2 Å². The second-order valence-electron chi connectivity index (χ2n) is 8.08. The van der Waals surface area contributed by atoms with Gasteiger partial charge < -0.3 is 14.5 Å². The van der Waals surface area contributed by atoms with Gasteiger partial charge in [-0.3, -0.25) is 9.89 Å². The normalized spacial score (nSPS) is 14.8. The van der Waals surface area contributed by atoms with Gasteiger partial charge in [-0.2, -0.15) is 14.9 Å². The molecule has 1 aromatic carbocycles. The SMILES string of the molecule is COc1cc(C)c(-n2nc3c(-c4ccc(N5CCN(C)CC5)cc4)n[nH]c3cc2=O)cn1. The summed E-state index contributed by atoms with van der Waals surface area (Å²) in [5, 5.41) is 12.0. The molecule has 0 amide bonds. The quantitative estimate of drug-likeness (QED) is 0.530. The van der Waals surface area contributed by atoms with E-state index in [1.807, 2.05) is 6.92 Å². The average Bonchev–Trinajstić information content (AvgIpc) is 3.22. The Kier molecular flexibility index (Phi) is 5.10. The van der Waals surface area contributed by atoms with E-state index in [1.165, 1.54) is 16.4 Å². The molecule has 5 rings (SSSR count). The highest BCUT2D eigenvalue weighted by Crippen LogP contribution is 2.27. The third kappa shape index (κ3) is 3.60. The van der Waals surface area contributed by atoms with E-state index in [-0.39, 0.29) is 5.56 Å². The number of pyridine rings is 1. The van der Waals surface area contributed by atoms with Crippen molar-refractivity contribution in [3.8, 4) is 22.8 Å². The van der Waals surface area contributed by atoms with Gasteiger partial charge in [0.05, 0.1) is 24.5 Å². The molecule has 4 aromatic rings. The number of nitrogens with one attached hydrogen (secondary N) is 1. The molecule has 0 atom stereocenters. The highest BCUT2D eigenvalue weighted by atomic mass is 16.5. The number of fused-ring (bicyclic) bond motifs is 1. The zero-order valence-electron chi connectivity index (χ0n) is 18.4. The number of H-pyrrole nitrogens is 1. The molecule has 32 heavy (non-hydrogen) atoms. The number of likely N-dealkylation sites (N-methyl/N-ethyl adjacent to an activating group) is 1. The number of aromatic nitrogens is 5. The molecule has 0 radical (unpaired) electrons. The maximum atomic E-state index is 12.7. The van der Waals surface area contributed by atoms with Crippen LogP contribution in [0.2, 0.25) is 0 Å². The van der Waals surface area contributed by atoms with E-state index in [1.54, 1.807) is 19.4 Å². The molecular weight excluding hydrogens is 406 g/mol. The average molecular weight is 432 g/mol. The summed E-state index contributed by atoms with van der Waals surface area (Å²) in [7, 11) is 3.71. The Bertz CT molecular complexity index is 1320. The maximum Gasteiger partial charge on any atom is 0.273 e. The van der Waals surface area contributed by atoms with Crippen LogP contribution in [0.4, 0.5) is 5.69 Å². The Labute approximate surface area is 185 Å². The zero-order valence-corrected chi connectivity index (χ0v) is 18.4. The number of aryl methyl sites for hydroxylation is 1. The molecule has 9 heteroatoms. The zero-order chi connectivity index (χ0) is 22.2. The van der Waals surface area contributed by atoms with E-state index in [0.717, 1.165) is 37.3 Å². The molecule has 4 heterocycles. The van der Waals surface area contributed by atoms with Gasteiger partial charge in [-0.05, 0) is 31.7 Å². The van der Waals surface area contributed by atoms with Crippen LogP contribution in [0, 0.1) is 6.92 Å². The lowest BCUT2D eigenvalue weighted by Crippen LogP contribution is -2.44. The monoisotopic (exact) mass is 431 g/mol. The van der Waals surface area contributed by atoms with Crippen molar-refractivity contribution in [3.05, 3.63) is 58.5 Å². The Hall–Kier alpha value is -3.72. The third-order valence-corrected chi connectivity index (χ3v) is 5.95. The van der Waals surface area contributed by atoms with Gasteiger partial charge in [0.2, 0.25) is 5.88 Å². The Morgan fingerprint density at radius 1 is 1.06 bits per heavy atom.